The van der Waals surface area contributed by atoms with Crippen molar-refractivity contribution in [1.29, 1.82) is 0 Å². The van der Waals surface area contributed by atoms with Gasteiger partial charge in [0.1, 0.15) is 79.9 Å². The lowest BCUT2D eigenvalue weighted by Crippen LogP contribution is -2.76. The van der Waals surface area contributed by atoms with Crippen molar-refractivity contribution in [3.63, 3.8) is 0 Å². The number of esters is 2. The van der Waals surface area contributed by atoms with E-state index in [0.29, 0.717) is 44.1 Å². The molecule has 23 heteroatoms. The number of aliphatic hydroxyl groups is 11. The summed E-state index contributed by atoms with van der Waals surface area (Å²) < 4.78 is 48.0. The van der Waals surface area contributed by atoms with Crippen molar-refractivity contribution in [1.82, 2.24) is 0 Å². The second-order valence-corrected chi connectivity index (χ2v) is 25.3. The first kappa shape index (κ1) is 60.3. The van der Waals surface area contributed by atoms with Crippen molar-refractivity contribution in [2.24, 2.45) is 50.2 Å². The lowest BCUT2D eigenvalue weighted by Gasteiger charge is -2.73. The lowest BCUT2D eigenvalue weighted by atomic mass is 9.32. The molecule has 0 unspecified atom stereocenters. The summed E-state index contributed by atoms with van der Waals surface area (Å²) in [4.78, 5) is 38.7. The molecule has 0 spiro atoms. The Balaban J connectivity index is 1.13. The lowest BCUT2D eigenvalue weighted by molar-refractivity contribution is -0.392. The molecule has 26 atom stereocenters. The smallest absolute Gasteiger partial charge is 0.335 e. The van der Waals surface area contributed by atoms with E-state index >= 15 is 0 Å². The van der Waals surface area contributed by atoms with Gasteiger partial charge in [-0.05, 0) is 86.4 Å². The zero-order valence-electron chi connectivity index (χ0n) is 45.6. The van der Waals surface area contributed by atoms with E-state index in [-0.39, 0.29) is 11.8 Å². The number of rotatable bonds is 12. The van der Waals surface area contributed by atoms with Gasteiger partial charge in [0.05, 0.1) is 36.9 Å². The van der Waals surface area contributed by atoms with Crippen LogP contribution in [-0.2, 0) is 52.3 Å². The SMILES string of the molecule is C/C=C(/C)C(=O)O[C@H]1[C@H](O)[C@]2(COC(C)=O)[C@H](O)[C@H](O)[C@]3(C)C(=CC[C@@H]4[C@@]5(C)CC[C@H](O[C@@H]6O[C@H](C(=O)O)[C@@H](O)[C@H](O[C@@H]7OC[C@H](O)[C@H](O)[C@H]7O)[C@H]6O[C@@H]6O[C@H](CO)[C@@H](O)[C@H](O)[C@H]6O)C(C)(C)[C@H]5CC[C@]43C)[C@@H]2CC1(C)C. The van der Waals surface area contributed by atoms with Gasteiger partial charge < -0.3 is 99.2 Å². The maximum absolute atomic E-state index is 13.3. The molecule has 3 aliphatic heterocycles. The number of aliphatic carboxylic acids is 1. The maximum Gasteiger partial charge on any atom is 0.335 e. The Morgan fingerprint density at radius 3 is 2.00 bits per heavy atom. The summed E-state index contributed by atoms with van der Waals surface area (Å²) >= 11 is 0. The monoisotopic (exact) mass is 1100 g/mol. The molecular weight excluding hydrogens is 1020 g/mol. The van der Waals surface area contributed by atoms with E-state index in [1.165, 1.54) is 6.92 Å². The van der Waals surface area contributed by atoms with Crippen molar-refractivity contribution < 1.29 is 114 Å². The van der Waals surface area contributed by atoms with Crippen molar-refractivity contribution in [3.05, 3.63) is 23.3 Å². The molecule has 7 fully saturated rings. The summed E-state index contributed by atoms with van der Waals surface area (Å²) in [5.74, 6) is -3.89. The Morgan fingerprint density at radius 1 is 0.727 bits per heavy atom. The van der Waals surface area contributed by atoms with Gasteiger partial charge in [-0.15, -0.1) is 0 Å². The van der Waals surface area contributed by atoms with E-state index in [1.807, 2.05) is 34.6 Å². The summed E-state index contributed by atoms with van der Waals surface area (Å²) in [5, 5.41) is 135. The Hall–Kier alpha value is -2.79. The minimum atomic E-state index is -2.12. The second-order valence-electron chi connectivity index (χ2n) is 25.3. The molecule has 0 bridgehead atoms. The van der Waals surface area contributed by atoms with Crippen LogP contribution < -0.4 is 0 Å². The molecule has 12 N–H and O–H groups in total. The Bertz CT molecular complexity index is 2250. The van der Waals surface area contributed by atoms with Gasteiger partial charge in [0.2, 0.25) is 0 Å². The van der Waals surface area contributed by atoms with E-state index < -0.39 is 193 Å². The Morgan fingerprint density at radius 2 is 1.38 bits per heavy atom. The highest BCUT2D eigenvalue weighted by Crippen LogP contribution is 2.76. The van der Waals surface area contributed by atoms with Gasteiger partial charge in [0, 0.05) is 23.3 Å². The van der Waals surface area contributed by atoms with Gasteiger partial charge in [-0.25, -0.2) is 9.59 Å². The van der Waals surface area contributed by atoms with E-state index in [2.05, 4.69) is 19.9 Å². The molecule has 0 amide bonds. The summed E-state index contributed by atoms with van der Waals surface area (Å²) in [6, 6.07) is 0. The van der Waals surface area contributed by atoms with Crippen LogP contribution in [-0.4, -0.2) is 216 Å². The summed E-state index contributed by atoms with van der Waals surface area (Å²) in [6.07, 6.45) is -26.0. The van der Waals surface area contributed by atoms with Crippen LogP contribution in [0.15, 0.2) is 23.3 Å². The zero-order valence-corrected chi connectivity index (χ0v) is 45.6. The number of allylic oxidation sites excluding steroid dienone is 2. The highest BCUT2D eigenvalue weighted by Gasteiger charge is 2.76. The summed E-state index contributed by atoms with van der Waals surface area (Å²) in [7, 11) is 0. The van der Waals surface area contributed by atoms with Gasteiger partial charge in [-0.1, -0.05) is 66.2 Å². The van der Waals surface area contributed by atoms with E-state index in [4.69, 9.17) is 37.9 Å². The van der Waals surface area contributed by atoms with Crippen LogP contribution in [0.3, 0.4) is 0 Å². The Kier molecular flexibility index (Phi) is 16.8. The molecular formula is C54H84O23. The fraction of sp³-hybridized carbons (Fsp3) is 0.870. The van der Waals surface area contributed by atoms with E-state index in [9.17, 15) is 75.7 Å². The second kappa shape index (κ2) is 21.5. The molecule has 438 valence electrons. The van der Waals surface area contributed by atoms with Gasteiger partial charge in [-0.3, -0.25) is 4.79 Å². The average molecular weight is 1100 g/mol. The number of carbonyl (C=O) groups excluding carboxylic acids is 2. The number of aliphatic hydroxyl groups excluding tert-OH is 11. The van der Waals surface area contributed by atoms with Gasteiger partial charge in [-0.2, -0.15) is 0 Å². The first-order valence-electron chi connectivity index (χ1n) is 27.0. The first-order chi connectivity index (χ1) is 35.8. The van der Waals surface area contributed by atoms with Crippen LogP contribution in [0.25, 0.3) is 0 Å². The number of carbonyl (C=O) groups is 3. The zero-order chi connectivity index (χ0) is 57.0. The molecule has 5 aliphatic carbocycles. The van der Waals surface area contributed by atoms with Crippen LogP contribution in [0.1, 0.15) is 108 Å². The minimum absolute atomic E-state index is 0.141. The van der Waals surface area contributed by atoms with Gasteiger partial charge in [0.15, 0.2) is 25.0 Å². The summed E-state index contributed by atoms with van der Waals surface area (Å²) in [5.41, 5.74) is -4.51. The highest BCUT2D eigenvalue weighted by molar-refractivity contribution is 5.87. The number of carboxylic acid groups (broad SMARTS) is 1. The number of hydrogen-bond donors (Lipinski definition) is 12. The molecule has 0 aromatic carbocycles. The molecule has 23 nitrogen and oxygen atoms in total. The molecule has 0 radical (unpaired) electrons. The van der Waals surface area contributed by atoms with E-state index in [0.717, 1.165) is 5.57 Å². The fourth-order valence-electron chi connectivity index (χ4n) is 15.9. The molecule has 77 heavy (non-hydrogen) atoms. The standard InChI is InChI=1S/C54H84O23/c1-11-22(2)45(69)77-43-42(66)54(21-71-23(3)56)25(18-49(43,4)5)24-12-13-29-51(8)16-15-30(50(6,7)28(51)14-17-52(29,9)53(24,10)40(64)41(54)65)73-48-39(76-47-35(62)33(60)32(59)27(19-55)72-47)37(36(63)38(75-48)44(67)68)74-46-34(61)31(58)26(57)20-70-46/h11-12,25-43,46-48,55,57-66H,13-21H2,1-10H3,(H,67,68)/b22-11-/t25-,26-,27+,28+,29+,30-,31-,32+,33-,34+,35+,36-,37-,38-,39+,40-,41+,42-,43-,46-,47-,48+,51-,52+,53-,54-/m0/s1. The van der Waals surface area contributed by atoms with Crippen LogP contribution >= 0.6 is 0 Å². The number of hydrogen-bond acceptors (Lipinski definition) is 22. The van der Waals surface area contributed by atoms with Crippen molar-refractivity contribution >= 4 is 17.9 Å². The van der Waals surface area contributed by atoms with E-state index in [1.54, 1.807) is 19.9 Å². The van der Waals surface area contributed by atoms with Crippen LogP contribution in [0.4, 0.5) is 0 Å². The molecule has 0 aromatic heterocycles. The highest BCUT2D eigenvalue weighted by atomic mass is 16.8. The largest absolute Gasteiger partial charge is 0.479 e. The fourth-order valence-corrected chi connectivity index (χ4v) is 15.9. The third-order valence-electron chi connectivity index (χ3n) is 20.6. The predicted octanol–water partition coefficient (Wildman–Crippen LogP) is -0.684. The van der Waals surface area contributed by atoms with Crippen LogP contribution in [0, 0.1) is 50.2 Å². The maximum atomic E-state index is 13.3. The molecule has 8 aliphatic rings. The number of carboxylic acids is 1. The molecule has 4 saturated carbocycles. The van der Waals surface area contributed by atoms with Crippen LogP contribution in [0.2, 0.25) is 0 Å². The normalized spacial score (nSPS) is 50.4. The number of fused-ring (bicyclic) bond motifs is 7. The third kappa shape index (κ3) is 9.55. The quantitative estimate of drug-likeness (QED) is 0.0498. The molecule has 0 aromatic rings. The van der Waals surface area contributed by atoms with Crippen molar-refractivity contribution in [2.45, 2.75) is 224 Å². The van der Waals surface area contributed by atoms with Crippen molar-refractivity contribution in [3.8, 4) is 0 Å². The first-order valence-corrected chi connectivity index (χ1v) is 27.0. The average Bonchev–Trinajstić information content (AvgIpc) is 3.36. The summed E-state index contributed by atoms with van der Waals surface area (Å²) in [6.45, 7) is 16.8. The molecule has 3 heterocycles. The molecule has 8 rings (SSSR count). The van der Waals surface area contributed by atoms with Crippen LogP contribution in [0.5, 0.6) is 0 Å². The van der Waals surface area contributed by atoms with Gasteiger partial charge >= 0.3 is 17.9 Å². The number of ether oxygens (including phenoxy) is 8. The van der Waals surface area contributed by atoms with Crippen molar-refractivity contribution in [2.75, 3.05) is 19.8 Å². The molecule has 3 saturated heterocycles. The predicted molar refractivity (Wildman–Crippen MR) is 263 cm³/mol. The van der Waals surface area contributed by atoms with Gasteiger partial charge in [0.25, 0.3) is 0 Å². The third-order valence-corrected chi connectivity index (χ3v) is 20.6. The minimum Gasteiger partial charge on any atom is -0.479 e. The topological polar surface area (TPSA) is 368 Å². The Labute approximate surface area is 448 Å².